The van der Waals surface area contributed by atoms with Crippen LogP contribution in [0.3, 0.4) is 0 Å². The van der Waals surface area contributed by atoms with Gasteiger partial charge in [0.25, 0.3) is 0 Å². The largest absolute Gasteiger partial charge is 0.410 e. The Morgan fingerprint density at radius 1 is 2.00 bits per heavy atom. The van der Waals surface area contributed by atoms with Gasteiger partial charge in [-0.05, 0) is 6.92 Å². The fraction of sp³-hybridized carbons (Fsp3) is 0.250. The van der Waals surface area contributed by atoms with Crippen molar-refractivity contribution in [3.63, 3.8) is 0 Å². The first-order valence-electron chi connectivity index (χ1n) is 1.46. The summed E-state index contributed by atoms with van der Waals surface area (Å²) in [6.45, 7) is 1.54. The van der Waals surface area contributed by atoms with E-state index in [2.05, 4.69) is 11.1 Å². The molecule has 0 fully saturated rings. The van der Waals surface area contributed by atoms with E-state index in [4.69, 9.17) is 11.6 Å². The third kappa shape index (κ3) is 1.36. The van der Waals surface area contributed by atoms with E-state index in [0.717, 1.165) is 0 Å². The molecule has 0 saturated carbocycles. The van der Waals surface area contributed by atoms with Crippen LogP contribution in [0.2, 0.25) is 0 Å². The van der Waals surface area contributed by atoms with E-state index >= 15 is 0 Å². The first-order chi connectivity index (χ1) is 2.81. The van der Waals surface area contributed by atoms with Crippen molar-refractivity contribution >= 4 is 5.71 Å². The van der Waals surface area contributed by atoms with Crippen LogP contribution in [0.4, 0.5) is 0 Å². The molecule has 0 amide bonds. The number of rotatable bonds is 0. The second-order valence-electron chi connectivity index (χ2n) is 0.830. The second kappa shape index (κ2) is 2.28. The van der Waals surface area contributed by atoms with Crippen molar-refractivity contribution in [3.05, 3.63) is 0 Å². The Morgan fingerprint density at radius 2 is 2.50 bits per heavy atom. The fourth-order valence-electron chi connectivity index (χ4n) is 0.0289. The molecule has 0 heterocycles. The standard InChI is InChI=1S/C4H5NO/c1-3-4(2)5-6/h1,6H,2H3/b5-4-. The van der Waals surface area contributed by atoms with Gasteiger partial charge in [0.15, 0.2) is 0 Å². The molecular weight excluding hydrogens is 78.0 g/mol. The summed E-state index contributed by atoms with van der Waals surface area (Å²) < 4.78 is 0. The van der Waals surface area contributed by atoms with Crippen LogP contribution in [0, 0.1) is 12.3 Å². The fourth-order valence-corrected chi connectivity index (χ4v) is 0.0289. The van der Waals surface area contributed by atoms with Crippen LogP contribution in [-0.2, 0) is 0 Å². The summed E-state index contributed by atoms with van der Waals surface area (Å²) in [6, 6.07) is 0. The van der Waals surface area contributed by atoms with Crippen molar-refractivity contribution in [1.82, 2.24) is 0 Å². The summed E-state index contributed by atoms with van der Waals surface area (Å²) in [5.74, 6) is 2.11. The predicted octanol–water partition coefficient (Wildman–Crippen LogP) is 0.470. The maximum Gasteiger partial charge on any atom is 0.126 e. The molecule has 0 aromatic heterocycles. The monoisotopic (exact) mass is 83.0 g/mol. The highest BCUT2D eigenvalue weighted by atomic mass is 16.4. The first-order valence-corrected chi connectivity index (χ1v) is 1.46. The molecule has 0 aromatic carbocycles. The number of terminal acetylenes is 1. The van der Waals surface area contributed by atoms with E-state index in [-0.39, 0.29) is 0 Å². The van der Waals surface area contributed by atoms with Crippen LogP contribution in [0.5, 0.6) is 0 Å². The normalized spacial score (nSPS) is 10.3. The van der Waals surface area contributed by atoms with E-state index in [1.54, 1.807) is 6.92 Å². The van der Waals surface area contributed by atoms with Crippen molar-refractivity contribution < 1.29 is 5.21 Å². The van der Waals surface area contributed by atoms with Crippen LogP contribution in [0.25, 0.3) is 0 Å². The quantitative estimate of drug-likeness (QED) is 0.196. The molecule has 6 heavy (non-hydrogen) atoms. The Kier molecular flexibility index (Phi) is 1.91. The minimum absolute atomic E-state index is 0.301. The Morgan fingerprint density at radius 3 is 2.50 bits per heavy atom. The van der Waals surface area contributed by atoms with Gasteiger partial charge in [-0.1, -0.05) is 11.1 Å². The SMILES string of the molecule is C#C/C(C)=N\O. The zero-order chi connectivity index (χ0) is 4.99. The number of nitrogens with zero attached hydrogens (tertiary/aromatic N) is 1. The number of hydrogen-bond donors (Lipinski definition) is 1. The molecule has 0 atom stereocenters. The van der Waals surface area contributed by atoms with Crippen molar-refractivity contribution in [1.29, 1.82) is 0 Å². The second-order valence-corrected chi connectivity index (χ2v) is 0.830. The lowest BCUT2D eigenvalue weighted by Crippen LogP contribution is -1.79. The number of oxime groups is 1. The van der Waals surface area contributed by atoms with E-state index in [1.807, 2.05) is 0 Å². The van der Waals surface area contributed by atoms with Crippen LogP contribution in [0.15, 0.2) is 5.16 Å². The summed E-state index contributed by atoms with van der Waals surface area (Å²) >= 11 is 0. The molecule has 0 aliphatic rings. The first kappa shape index (κ1) is 5.03. The van der Waals surface area contributed by atoms with E-state index in [1.165, 1.54) is 0 Å². The molecule has 0 bridgehead atoms. The van der Waals surface area contributed by atoms with Gasteiger partial charge in [-0.2, -0.15) is 0 Å². The molecule has 32 valence electrons. The summed E-state index contributed by atoms with van der Waals surface area (Å²) in [7, 11) is 0. The Hall–Kier alpha value is -0.970. The topological polar surface area (TPSA) is 32.6 Å². The van der Waals surface area contributed by atoms with E-state index in [0.29, 0.717) is 5.71 Å². The minimum Gasteiger partial charge on any atom is -0.410 e. The van der Waals surface area contributed by atoms with Gasteiger partial charge in [-0.3, -0.25) is 0 Å². The molecule has 0 rings (SSSR count). The Labute approximate surface area is 36.5 Å². The molecule has 2 nitrogen and oxygen atoms in total. The summed E-state index contributed by atoms with van der Waals surface area (Å²) in [6.07, 6.45) is 4.74. The maximum atomic E-state index is 7.78. The third-order valence-corrected chi connectivity index (χ3v) is 0.359. The minimum atomic E-state index is 0.301. The Balaban J connectivity index is 3.61. The molecule has 0 radical (unpaired) electrons. The van der Waals surface area contributed by atoms with Gasteiger partial charge in [0.2, 0.25) is 0 Å². The van der Waals surface area contributed by atoms with Gasteiger partial charge in [0, 0.05) is 0 Å². The van der Waals surface area contributed by atoms with Crippen molar-refractivity contribution in [2.45, 2.75) is 6.92 Å². The highest BCUT2D eigenvalue weighted by Gasteiger charge is 1.72. The van der Waals surface area contributed by atoms with Gasteiger partial charge in [0.1, 0.15) is 5.71 Å². The lowest BCUT2D eigenvalue weighted by molar-refractivity contribution is 0.319. The molecule has 0 aliphatic carbocycles. The van der Waals surface area contributed by atoms with Crippen LogP contribution in [-0.4, -0.2) is 10.9 Å². The molecule has 0 saturated heterocycles. The summed E-state index contributed by atoms with van der Waals surface area (Å²) in [4.78, 5) is 0. The predicted molar refractivity (Wildman–Crippen MR) is 23.7 cm³/mol. The molecule has 0 spiro atoms. The lowest BCUT2D eigenvalue weighted by Gasteiger charge is -1.72. The molecule has 0 unspecified atom stereocenters. The zero-order valence-corrected chi connectivity index (χ0v) is 3.47. The van der Waals surface area contributed by atoms with Gasteiger partial charge < -0.3 is 5.21 Å². The zero-order valence-electron chi connectivity index (χ0n) is 3.47. The third-order valence-electron chi connectivity index (χ3n) is 0.359. The molecule has 0 aliphatic heterocycles. The molecular formula is C4H5NO. The molecule has 2 heteroatoms. The summed E-state index contributed by atoms with van der Waals surface area (Å²) in [5.41, 5.74) is 0.301. The highest BCUT2D eigenvalue weighted by molar-refractivity contribution is 5.97. The van der Waals surface area contributed by atoms with Crippen molar-refractivity contribution in [2.24, 2.45) is 5.16 Å². The van der Waals surface area contributed by atoms with E-state index in [9.17, 15) is 0 Å². The molecule has 0 aromatic rings. The smallest absolute Gasteiger partial charge is 0.126 e. The van der Waals surface area contributed by atoms with Crippen LogP contribution in [0.1, 0.15) is 6.92 Å². The van der Waals surface area contributed by atoms with Gasteiger partial charge in [0.05, 0.1) is 0 Å². The number of hydrogen-bond acceptors (Lipinski definition) is 2. The van der Waals surface area contributed by atoms with Crippen molar-refractivity contribution in [2.75, 3.05) is 0 Å². The lowest BCUT2D eigenvalue weighted by atomic mass is 10.5. The average Bonchev–Trinajstić information content (AvgIpc) is 1.65. The highest BCUT2D eigenvalue weighted by Crippen LogP contribution is 1.64. The maximum absolute atomic E-state index is 7.78. The average molecular weight is 83.1 g/mol. The van der Waals surface area contributed by atoms with E-state index < -0.39 is 0 Å². The molecule has 1 N–H and O–H groups in total. The Bertz CT molecular complexity index is 98.6. The van der Waals surface area contributed by atoms with Crippen molar-refractivity contribution in [3.8, 4) is 12.3 Å². The van der Waals surface area contributed by atoms with Crippen LogP contribution >= 0.6 is 0 Å². The van der Waals surface area contributed by atoms with Gasteiger partial charge in [-0.25, -0.2) is 0 Å². The van der Waals surface area contributed by atoms with Crippen LogP contribution < -0.4 is 0 Å². The van der Waals surface area contributed by atoms with Gasteiger partial charge in [-0.15, -0.1) is 6.42 Å². The summed E-state index contributed by atoms with van der Waals surface area (Å²) in [5, 5.41) is 10.5. The van der Waals surface area contributed by atoms with Gasteiger partial charge >= 0.3 is 0 Å².